The van der Waals surface area contributed by atoms with Crippen LogP contribution in [0.2, 0.25) is 5.02 Å². The van der Waals surface area contributed by atoms with Crippen molar-refractivity contribution in [1.82, 2.24) is 5.32 Å². The van der Waals surface area contributed by atoms with E-state index in [0.29, 0.717) is 24.2 Å². The fourth-order valence-electron chi connectivity index (χ4n) is 2.11. The van der Waals surface area contributed by atoms with Crippen molar-refractivity contribution in [2.75, 3.05) is 0 Å². The Morgan fingerprint density at radius 1 is 1.14 bits per heavy atom. The monoisotopic (exact) mass is 305 g/mol. The highest BCUT2D eigenvalue weighted by Gasteiger charge is 2.20. The lowest BCUT2D eigenvalue weighted by Crippen LogP contribution is -2.16. The van der Waals surface area contributed by atoms with Crippen molar-refractivity contribution in [2.24, 2.45) is 0 Å². The molecule has 2 aromatic rings. The van der Waals surface area contributed by atoms with Gasteiger partial charge in [-0.15, -0.1) is 0 Å². The van der Waals surface area contributed by atoms with E-state index in [1.165, 1.54) is 25.0 Å². The summed E-state index contributed by atoms with van der Waals surface area (Å²) in [6.45, 7) is 1.08. The molecule has 4 heteroatoms. The highest BCUT2D eigenvalue weighted by Crippen LogP contribution is 2.24. The average Bonchev–Trinajstić information content (AvgIpc) is 3.30. The molecule has 0 heterocycles. The maximum Gasteiger partial charge on any atom is 0.124 e. The van der Waals surface area contributed by atoms with Crippen LogP contribution in [0.1, 0.15) is 24.0 Å². The minimum Gasteiger partial charge on any atom is -0.489 e. The van der Waals surface area contributed by atoms with Crippen molar-refractivity contribution in [3.8, 4) is 5.75 Å². The predicted octanol–water partition coefficient (Wildman–Crippen LogP) is 4.31. The van der Waals surface area contributed by atoms with E-state index in [9.17, 15) is 4.39 Å². The molecule has 3 rings (SSSR count). The van der Waals surface area contributed by atoms with E-state index in [0.717, 1.165) is 16.9 Å². The van der Waals surface area contributed by atoms with E-state index in [2.05, 4.69) is 5.32 Å². The lowest BCUT2D eigenvalue weighted by molar-refractivity contribution is 0.301. The van der Waals surface area contributed by atoms with Crippen molar-refractivity contribution in [1.29, 1.82) is 0 Å². The summed E-state index contributed by atoms with van der Waals surface area (Å²) in [5.41, 5.74) is 1.89. The zero-order valence-electron chi connectivity index (χ0n) is 11.6. The first kappa shape index (κ1) is 14.4. The number of hydrogen-bond acceptors (Lipinski definition) is 2. The molecule has 1 aliphatic rings. The van der Waals surface area contributed by atoms with E-state index in [1.807, 2.05) is 24.3 Å². The van der Waals surface area contributed by atoms with Gasteiger partial charge < -0.3 is 10.1 Å². The van der Waals surface area contributed by atoms with Gasteiger partial charge in [0.05, 0.1) is 0 Å². The molecule has 0 amide bonds. The van der Waals surface area contributed by atoms with E-state index in [-0.39, 0.29) is 5.82 Å². The van der Waals surface area contributed by atoms with Crippen LogP contribution in [-0.4, -0.2) is 6.04 Å². The van der Waals surface area contributed by atoms with Crippen LogP contribution in [-0.2, 0) is 13.2 Å². The Kier molecular flexibility index (Phi) is 4.42. The number of hydrogen-bond donors (Lipinski definition) is 1. The summed E-state index contributed by atoms with van der Waals surface area (Å²) in [5, 5.41) is 4.09. The highest BCUT2D eigenvalue weighted by molar-refractivity contribution is 6.30. The number of ether oxygens (including phenoxy) is 1. The summed E-state index contributed by atoms with van der Waals surface area (Å²) >= 11 is 5.86. The molecule has 1 saturated carbocycles. The van der Waals surface area contributed by atoms with Gasteiger partial charge in [0.1, 0.15) is 18.2 Å². The normalized spacial score (nSPS) is 14.2. The SMILES string of the molecule is Fc1ccc(OCc2ccc(Cl)cc2)c(CNC2CC2)c1. The fraction of sp³-hybridized carbons (Fsp3) is 0.294. The maximum atomic E-state index is 13.4. The van der Waals surface area contributed by atoms with Crippen molar-refractivity contribution >= 4 is 11.6 Å². The van der Waals surface area contributed by atoms with Gasteiger partial charge in [0, 0.05) is 23.2 Å². The van der Waals surface area contributed by atoms with Crippen molar-refractivity contribution < 1.29 is 9.13 Å². The molecule has 2 aromatic carbocycles. The molecule has 21 heavy (non-hydrogen) atoms. The molecule has 0 spiro atoms. The Hall–Kier alpha value is -1.58. The van der Waals surface area contributed by atoms with Crippen LogP contribution in [0.5, 0.6) is 5.75 Å². The molecule has 1 fully saturated rings. The van der Waals surface area contributed by atoms with Crippen LogP contribution < -0.4 is 10.1 Å². The third-order valence-electron chi connectivity index (χ3n) is 3.49. The van der Waals surface area contributed by atoms with E-state index in [4.69, 9.17) is 16.3 Å². The second kappa shape index (κ2) is 6.46. The van der Waals surface area contributed by atoms with Gasteiger partial charge in [-0.3, -0.25) is 0 Å². The molecule has 1 N–H and O–H groups in total. The molecule has 2 nitrogen and oxygen atoms in total. The van der Waals surface area contributed by atoms with Crippen LogP contribution in [0, 0.1) is 5.82 Å². The second-order valence-corrected chi connectivity index (χ2v) is 5.76. The topological polar surface area (TPSA) is 21.3 Å². The van der Waals surface area contributed by atoms with Gasteiger partial charge in [0.15, 0.2) is 0 Å². The summed E-state index contributed by atoms with van der Waals surface area (Å²) in [5.74, 6) is 0.487. The van der Waals surface area contributed by atoms with E-state index in [1.54, 1.807) is 6.07 Å². The minimum absolute atomic E-state index is 0.235. The molecular formula is C17H17ClFNO. The smallest absolute Gasteiger partial charge is 0.124 e. The van der Waals surface area contributed by atoms with Crippen LogP contribution >= 0.6 is 11.6 Å². The lowest BCUT2D eigenvalue weighted by Gasteiger charge is -2.12. The minimum atomic E-state index is -0.235. The number of benzene rings is 2. The number of rotatable bonds is 6. The van der Waals surface area contributed by atoms with Crippen LogP contribution in [0.25, 0.3) is 0 Å². The maximum absolute atomic E-state index is 13.4. The quantitative estimate of drug-likeness (QED) is 0.858. The van der Waals surface area contributed by atoms with Crippen LogP contribution in [0.3, 0.4) is 0 Å². The first-order valence-corrected chi connectivity index (χ1v) is 7.47. The Morgan fingerprint density at radius 3 is 2.62 bits per heavy atom. The second-order valence-electron chi connectivity index (χ2n) is 5.32. The highest BCUT2D eigenvalue weighted by atomic mass is 35.5. The first-order valence-electron chi connectivity index (χ1n) is 7.10. The van der Waals surface area contributed by atoms with Crippen LogP contribution in [0.4, 0.5) is 4.39 Å². The Morgan fingerprint density at radius 2 is 1.90 bits per heavy atom. The number of halogens is 2. The summed E-state index contributed by atoms with van der Waals surface area (Å²) in [4.78, 5) is 0. The molecule has 0 bridgehead atoms. The Bertz CT molecular complexity index is 611. The molecule has 0 unspecified atom stereocenters. The zero-order valence-corrected chi connectivity index (χ0v) is 12.4. The lowest BCUT2D eigenvalue weighted by atomic mass is 10.2. The molecule has 0 atom stereocenters. The summed E-state index contributed by atoms with van der Waals surface area (Å²) < 4.78 is 19.2. The van der Waals surface area contributed by atoms with E-state index >= 15 is 0 Å². The van der Waals surface area contributed by atoms with Crippen molar-refractivity contribution in [2.45, 2.75) is 32.0 Å². The van der Waals surface area contributed by atoms with Crippen molar-refractivity contribution in [3.05, 3.63) is 64.4 Å². The van der Waals surface area contributed by atoms with Gasteiger partial charge >= 0.3 is 0 Å². The first-order chi connectivity index (χ1) is 10.2. The Labute approximate surface area is 128 Å². The van der Waals surface area contributed by atoms with Crippen molar-refractivity contribution in [3.63, 3.8) is 0 Å². The Balaban J connectivity index is 1.66. The van der Waals surface area contributed by atoms with Gasteiger partial charge in [-0.1, -0.05) is 23.7 Å². The number of nitrogens with one attached hydrogen (secondary N) is 1. The van der Waals surface area contributed by atoms with E-state index < -0.39 is 0 Å². The molecule has 0 radical (unpaired) electrons. The largest absolute Gasteiger partial charge is 0.489 e. The summed E-state index contributed by atoms with van der Waals surface area (Å²) in [6, 6.07) is 12.8. The molecule has 0 aliphatic heterocycles. The standard InChI is InChI=1S/C17H17ClFNO/c18-14-3-1-12(2-4-14)11-21-17-8-5-15(19)9-13(17)10-20-16-6-7-16/h1-5,8-9,16,20H,6-7,10-11H2. The fourth-order valence-corrected chi connectivity index (χ4v) is 2.24. The van der Waals surface area contributed by atoms with Gasteiger partial charge in [-0.2, -0.15) is 0 Å². The van der Waals surface area contributed by atoms with Gasteiger partial charge in [0.25, 0.3) is 0 Å². The third-order valence-corrected chi connectivity index (χ3v) is 3.74. The average molecular weight is 306 g/mol. The molecule has 0 saturated heterocycles. The van der Waals surface area contributed by atoms with Gasteiger partial charge in [-0.25, -0.2) is 4.39 Å². The summed E-state index contributed by atoms with van der Waals surface area (Å²) in [7, 11) is 0. The van der Waals surface area contributed by atoms with Gasteiger partial charge in [0.2, 0.25) is 0 Å². The molecular weight excluding hydrogens is 289 g/mol. The third kappa shape index (κ3) is 4.19. The molecule has 110 valence electrons. The predicted molar refractivity (Wildman–Crippen MR) is 82.0 cm³/mol. The van der Waals surface area contributed by atoms with Crippen LogP contribution in [0.15, 0.2) is 42.5 Å². The van der Waals surface area contributed by atoms with Gasteiger partial charge in [-0.05, 0) is 48.7 Å². The zero-order chi connectivity index (χ0) is 14.7. The molecule has 0 aromatic heterocycles. The molecule has 1 aliphatic carbocycles. The summed E-state index contributed by atoms with van der Waals surface area (Å²) in [6.07, 6.45) is 2.41.